The number of rotatable bonds is 8. The SMILES string of the molecule is COc1ccccc1Nc1nc(C(C)N2CCN(S(=O)(=O)c3ccc(-n4cccn4)cc3)CC2)nc2ccccc12. The molecule has 1 aliphatic rings. The molecule has 1 fully saturated rings. The van der Waals surface area contributed by atoms with Gasteiger partial charge in [0.1, 0.15) is 17.4 Å². The molecule has 210 valence electrons. The first-order valence-corrected chi connectivity index (χ1v) is 14.9. The molecule has 5 aromatic rings. The third kappa shape index (κ3) is 5.39. The van der Waals surface area contributed by atoms with Crippen LogP contribution in [0.1, 0.15) is 18.8 Å². The number of nitrogens with one attached hydrogen (secondary N) is 1. The lowest BCUT2D eigenvalue weighted by Crippen LogP contribution is -2.49. The second-order valence-electron chi connectivity index (χ2n) is 9.83. The minimum atomic E-state index is -3.61. The number of hydrogen-bond donors (Lipinski definition) is 1. The molecule has 2 aromatic heterocycles. The van der Waals surface area contributed by atoms with Gasteiger partial charge in [0, 0.05) is 44.0 Å². The number of ether oxygens (including phenoxy) is 1. The molecule has 10 nitrogen and oxygen atoms in total. The summed E-state index contributed by atoms with van der Waals surface area (Å²) >= 11 is 0. The zero-order valence-electron chi connectivity index (χ0n) is 22.9. The van der Waals surface area contributed by atoms with E-state index in [2.05, 4.69) is 22.2 Å². The number of sulfonamides is 1. The van der Waals surface area contributed by atoms with Crippen LogP contribution < -0.4 is 10.1 Å². The Labute approximate surface area is 239 Å². The van der Waals surface area contributed by atoms with E-state index in [4.69, 9.17) is 14.7 Å². The minimum absolute atomic E-state index is 0.115. The van der Waals surface area contributed by atoms with Gasteiger partial charge in [0.05, 0.1) is 34.9 Å². The Hall–Kier alpha value is -4.32. The summed E-state index contributed by atoms with van der Waals surface area (Å²) in [5.74, 6) is 2.09. The zero-order valence-corrected chi connectivity index (χ0v) is 23.7. The molecule has 1 unspecified atom stereocenters. The maximum Gasteiger partial charge on any atom is 0.243 e. The van der Waals surface area contributed by atoms with Crippen LogP contribution >= 0.6 is 0 Å². The Kier molecular flexibility index (Phi) is 7.39. The predicted octanol–water partition coefficient (Wildman–Crippen LogP) is 4.64. The first-order valence-electron chi connectivity index (χ1n) is 13.4. The van der Waals surface area contributed by atoms with Crippen molar-refractivity contribution in [3.63, 3.8) is 0 Å². The summed E-state index contributed by atoms with van der Waals surface area (Å²) in [6.45, 7) is 3.96. The van der Waals surface area contributed by atoms with E-state index in [-0.39, 0.29) is 10.9 Å². The summed E-state index contributed by atoms with van der Waals surface area (Å²) in [7, 11) is -1.97. The molecule has 0 radical (unpaired) electrons. The molecule has 1 atom stereocenters. The Morgan fingerprint density at radius 1 is 0.878 bits per heavy atom. The lowest BCUT2D eigenvalue weighted by molar-refractivity contribution is 0.141. The minimum Gasteiger partial charge on any atom is -0.495 e. The maximum absolute atomic E-state index is 13.4. The van der Waals surface area contributed by atoms with Crippen molar-refractivity contribution in [2.24, 2.45) is 0 Å². The van der Waals surface area contributed by atoms with E-state index in [1.165, 1.54) is 0 Å². The first kappa shape index (κ1) is 26.9. The lowest BCUT2D eigenvalue weighted by Gasteiger charge is -2.36. The topological polar surface area (TPSA) is 105 Å². The van der Waals surface area contributed by atoms with E-state index in [0.717, 1.165) is 28.0 Å². The lowest BCUT2D eigenvalue weighted by atomic mass is 10.2. The molecule has 0 amide bonds. The molecule has 0 saturated carbocycles. The van der Waals surface area contributed by atoms with E-state index >= 15 is 0 Å². The molecule has 6 rings (SSSR count). The second-order valence-corrected chi connectivity index (χ2v) is 11.8. The van der Waals surface area contributed by atoms with E-state index in [9.17, 15) is 8.42 Å². The van der Waals surface area contributed by atoms with Crippen molar-refractivity contribution in [2.75, 3.05) is 38.6 Å². The number of piperazine rings is 1. The Bertz CT molecular complexity index is 1750. The zero-order chi connectivity index (χ0) is 28.4. The molecule has 3 heterocycles. The van der Waals surface area contributed by atoms with Crippen molar-refractivity contribution >= 4 is 32.4 Å². The van der Waals surface area contributed by atoms with Crippen molar-refractivity contribution in [3.8, 4) is 11.4 Å². The largest absolute Gasteiger partial charge is 0.495 e. The molecular weight excluding hydrogens is 538 g/mol. The van der Waals surface area contributed by atoms with Crippen LogP contribution in [0.3, 0.4) is 0 Å². The van der Waals surface area contributed by atoms with Crippen molar-refractivity contribution in [3.05, 3.63) is 97.1 Å². The Balaban J connectivity index is 1.19. The van der Waals surface area contributed by atoms with Gasteiger partial charge >= 0.3 is 0 Å². The van der Waals surface area contributed by atoms with Gasteiger partial charge in [0.15, 0.2) is 0 Å². The molecule has 1 aliphatic heterocycles. The fourth-order valence-corrected chi connectivity index (χ4v) is 6.51. The number of aromatic nitrogens is 4. The molecule has 0 bridgehead atoms. The molecule has 1 saturated heterocycles. The molecule has 3 aromatic carbocycles. The number of para-hydroxylation sites is 3. The van der Waals surface area contributed by atoms with Gasteiger partial charge in [-0.2, -0.15) is 9.40 Å². The third-order valence-corrected chi connectivity index (χ3v) is 9.33. The van der Waals surface area contributed by atoms with E-state index in [1.807, 2.05) is 60.8 Å². The molecule has 11 heteroatoms. The molecule has 41 heavy (non-hydrogen) atoms. The summed E-state index contributed by atoms with van der Waals surface area (Å²) in [6, 6.07) is 24.1. The fourth-order valence-electron chi connectivity index (χ4n) is 5.09. The highest BCUT2D eigenvalue weighted by molar-refractivity contribution is 7.89. The quantitative estimate of drug-likeness (QED) is 0.288. The van der Waals surface area contributed by atoms with Crippen LogP contribution in [0.4, 0.5) is 11.5 Å². The molecule has 1 N–H and O–H groups in total. The average Bonchev–Trinajstić information content (AvgIpc) is 3.56. The summed E-state index contributed by atoms with van der Waals surface area (Å²) in [5.41, 5.74) is 2.46. The van der Waals surface area contributed by atoms with Gasteiger partial charge in [-0.05, 0) is 61.5 Å². The van der Waals surface area contributed by atoms with Crippen molar-refractivity contribution in [1.82, 2.24) is 29.0 Å². The van der Waals surface area contributed by atoms with Gasteiger partial charge in [-0.3, -0.25) is 4.90 Å². The maximum atomic E-state index is 13.4. The van der Waals surface area contributed by atoms with Crippen molar-refractivity contribution < 1.29 is 13.2 Å². The second kappa shape index (κ2) is 11.3. The standard InChI is InChI=1S/C30H31N7O3S/c1-22(29-32-26-9-4-3-8-25(26)30(34-29)33-27-10-5-6-11-28(27)40-2)35-18-20-36(21-19-35)41(38,39)24-14-12-23(13-15-24)37-17-7-16-31-37/h3-17,22H,18-21H2,1-2H3,(H,32,33,34). The smallest absolute Gasteiger partial charge is 0.243 e. The van der Waals surface area contributed by atoms with E-state index in [1.54, 1.807) is 46.6 Å². The van der Waals surface area contributed by atoms with Crippen LogP contribution in [0.5, 0.6) is 5.75 Å². The number of benzene rings is 3. The first-order chi connectivity index (χ1) is 19.9. The van der Waals surface area contributed by atoms with Gasteiger partial charge in [-0.15, -0.1) is 0 Å². The Morgan fingerprint density at radius 2 is 1.61 bits per heavy atom. The number of hydrogen-bond acceptors (Lipinski definition) is 8. The summed E-state index contributed by atoms with van der Waals surface area (Å²) in [6.07, 6.45) is 3.51. The van der Waals surface area contributed by atoms with Crippen LogP contribution in [0, 0.1) is 0 Å². The Morgan fingerprint density at radius 3 is 2.34 bits per heavy atom. The average molecular weight is 570 g/mol. The predicted molar refractivity (Wildman–Crippen MR) is 158 cm³/mol. The van der Waals surface area contributed by atoms with Crippen LogP contribution in [-0.2, 0) is 10.0 Å². The van der Waals surface area contributed by atoms with Crippen molar-refractivity contribution in [2.45, 2.75) is 17.9 Å². The number of methoxy groups -OCH3 is 1. The van der Waals surface area contributed by atoms with Gasteiger partial charge in [0.2, 0.25) is 10.0 Å². The van der Waals surface area contributed by atoms with Crippen LogP contribution in [-0.4, -0.2) is 70.7 Å². The number of anilines is 2. The van der Waals surface area contributed by atoms with Gasteiger partial charge in [-0.1, -0.05) is 24.3 Å². The number of fused-ring (bicyclic) bond motifs is 1. The summed E-state index contributed by atoms with van der Waals surface area (Å²) < 4.78 is 35.6. The van der Waals surface area contributed by atoms with Gasteiger partial charge < -0.3 is 10.1 Å². The summed E-state index contributed by atoms with van der Waals surface area (Å²) in [5, 5.41) is 8.54. The molecule has 0 aliphatic carbocycles. The van der Waals surface area contributed by atoms with Crippen LogP contribution in [0.25, 0.3) is 16.6 Å². The number of nitrogens with zero attached hydrogens (tertiary/aromatic N) is 6. The highest BCUT2D eigenvalue weighted by atomic mass is 32.2. The molecular formula is C30H31N7O3S. The van der Waals surface area contributed by atoms with Crippen LogP contribution in [0.2, 0.25) is 0 Å². The monoisotopic (exact) mass is 569 g/mol. The fraction of sp³-hybridized carbons (Fsp3) is 0.233. The van der Waals surface area contributed by atoms with E-state index in [0.29, 0.717) is 37.8 Å². The normalized spacial score (nSPS) is 15.6. The summed E-state index contributed by atoms with van der Waals surface area (Å²) in [4.78, 5) is 12.3. The van der Waals surface area contributed by atoms with Gasteiger partial charge in [-0.25, -0.2) is 23.1 Å². The van der Waals surface area contributed by atoms with Gasteiger partial charge in [0.25, 0.3) is 0 Å². The molecule has 0 spiro atoms. The highest BCUT2D eigenvalue weighted by Gasteiger charge is 2.31. The van der Waals surface area contributed by atoms with Crippen LogP contribution in [0.15, 0.2) is 96.2 Å². The van der Waals surface area contributed by atoms with Crippen molar-refractivity contribution in [1.29, 1.82) is 0 Å². The van der Waals surface area contributed by atoms with E-state index < -0.39 is 10.0 Å². The third-order valence-electron chi connectivity index (χ3n) is 7.42. The highest BCUT2D eigenvalue weighted by Crippen LogP contribution is 2.31.